The van der Waals surface area contributed by atoms with Gasteiger partial charge in [-0.3, -0.25) is 4.90 Å². The van der Waals surface area contributed by atoms with Crippen molar-refractivity contribution in [2.45, 2.75) is 25.8 Å². The van der Waals surface area contributed by atoms with Crippen LogP contribution in [0.4, 0.5) is 0 Å². The smallest absolute Gasteiger partial charge is 0.331 e. The minimum absolute atomic E-state index is 0.240. The van der Waals surface area contributed by atoms with Gasteiger partial charge >= 0.3 is 5.97 Å². The number of ether oxygens (including phenoxy) is 1. The number of esters is 1. The number of furan rings is 1. The molecule has 0 N–H and O–H groups in total. The van der Waals surface area contributed by atoms with E-state index in [1.54, 1.807) is 0 Å². The normalized spacial score (nSPS) is 18.6. The van der Waals surface area contributed by atoms with Crippen molar-refractivity contribution in [2.75, 3.05) is 20.2 Å². The zero-order valence-electron chi connectivity index (χ0n) is 9.73. The highest BCUT2D eigenvalue weighted by Gasteiger charge is 2.32. The molecular weight excluding hydrogens is 206 g/mol. The molecular formula is C12H17NO3. The summed E-state index contributed by atoms with van der Waals surface area (Å²) in [5.41, 5.74) is 0. The van der Waals surface area contributed by atoms with E-state index in [0.717, 1.165) is 31.7 Å². The molecule has 2 rings (SSSR count). The average molecular weight is 223 g/mol. The van der Waals surface area contributed by atoms with Crippen LogP contribution >= 0.6 is 0 Å². The molecule has 1 atom stereocenters. The Hall–Kier alpha value is -1.29. The second-order valence-electron chi connectivity index (χ2n) is 4.12. The summed E-state index contributed by atoms with van der Waals surface area (Å²) in [6.45, 7) is 3.74. The van der Waals surface area contributed by atoms with Crippen molar-refractivity contribution in [1.82, 2.24) is 4.90 Å². The van der Waals surface area contributed by atoms with Crippen LogP contribution in [0.5, 0.6) is 0 Å². The third kappa shape index (κ3) is 2.11. The largest absolute Gasteiger partial charge is 0.467 e. The molecule has 1 unspecified atom stereocenters. The van der Waals surface area contributed by atoms with Gasteiger partial charge in [-0.05, 0) is 45.0 Å². The van der Waals surface area contributed by atoms with Crippen LogP contribution in [0.1, 0.15) is 30.4 Å². The summed E-state index contributed by atoms with van der Waals surface area (Å²) in [6, 6.07) is 3.36. The fourth-order valence-corrected chi connectivity index (χ4v) is 2.16. The van der Waals surface area contributed by atoms with Crippen molar-refractivity contribution in [2.24, 2.45) is 0 Å². The first-order valence-corrected chi connectivity index (χ1v) is 5.60. The Morgan fingerprint density at radius 1 is 1.44 bits per heavy atom. The number of hydrogen-bond acceptors (Lipinski definition) is 4. The summed E-state index contributed by atoms with van der Waals surface area (Å²) in [5.74, 6) is 1.27. The Balaban J connectivity index is 2.23. The molecule has 1 fully saturated rings. The monoisotopic (exact) mass is 223 g/mol. The van der Waals surface area contributed by atoms with E-state index in [9.17, 15) is 4.79 Å². The van der Waals surface area contributed by atoms with Crippen LogP contribution in [0.3, 0.4) is 0 Å². The quantitative estimate of drug-likeness (QED) is 0.734. The van der Waals surface area contributed by atoms with Crippen molar-refractivity contribution < 1.29 is 13.9 Å². The molecule has 1 saturated heterocycles. The SMILES string of the molecule is COC(=O)C(c1ccc(C)o1)N1CCCC1. The number of nitrogens with zero attached hydrogens (tertiary/aromatic N) is 1. The third-order valence-corrected chi connectivity index (χ3v) is 2.96. The predicted octanol–water partition coefficient (Wildman–Crippen LogP) is 1.90. The minimum Gasteiger partial charge on any atom is -0.467 e. The first-order valence-electron chi connectivity index (χ1n) is 5.60. The standard InChI is InChI=1S/C12H17NO3/c1-9-5-6-10(16-9)11(12(14)15-2)13-7-3-4-8-13/h5-6,11H,3-4,7-8H2,1-2H3. The molecule has 1 aromatic rings. The molecule has 2 heterocycles. The molecule has 0 aromatic carbocycles. The number of carbonyl (C=O) groups excluding carboxylic acids is 1. The van der Waals surface area contributed by atoms with Crippen molar-refractivity contribution in [1.29, 1.82) is 0 Å². The van der Waals surface area contributed by atoms with Gasteiger partial charge in [0.15, 0.2) is 6.04 Å². The van der Waals surface area contributed by atoms with E-state index in [1.165, 1.54) is 7.11 Å². The lowest BCUT2D eigenvalue weighted by Crippen LogP contribution is -2.32. The zero-order valence-corrected chi connectivity index (χ0v) is 9.73. The summed E-state index contributed by atoms with van der Waals surface area (Å²) in [4.78, 5) is 13.9. The first kappa shape index (κ1) is 11.2. The van der Waals surface area contributed by atoms with E-state index in [2.05, 4.69) is 4.90 Å². The van der Waals surface area contributed by atoms with Gasteiger partial charge in [-0.15, -0.1) is 0 Å². The average Bonchev–Trinajstić information content (AvgIpc) is 2.91. The molecule has 0 aliphatic carbocycles. The summed E-state index contributed by atoms with van der Waals surface area (Å²) in [7, 11) is 1.42. The van der Waals surface area contributed by atoms with Gasteiger partial charge in [0.05, 0.1) is 7.11 Å². The zero-order chi connectivity index (χ0) is 11.5. The summed E-state index contributed by atoms with van der Waals surface area (Å²) >= 11 is 0. The fourth-order valence-electron chi connectivity index (χ4n) is 2.16. The molecule has 4 nitrogen and oxygen atoms in total. The molecule has 0 amide bonds. The Morgan fingerprint density at radius 3 is 2.62 bits per heavy atom. The summed E-state index contributed by atoms with van der Waals surface area (Å²) in [5, 5.41) is 0. The Labute approximate surface area is 95.2 Å². The second-order valence-corrected chi connectivity index (χ2v) is 4.12. The molecule has 1 aliphatic rings. The Kier molecular flexibility index (Phi) is 3.29. The molecule has 4 heteroatoms. The predicted molar refractivity (Wildman–Crippen MR) is 59.0 cm³/mol. The van der Waals surface area contributed by atoms with Crippen LogP contribution < -0.4 is 0 Å². The lowest BCUT2D eigenvalue weighted by molar-refractivity contribution is -0.147. The molecule has 1 aromatic heterocycles. The third-order valence-electron chi connectivity index (χ3n) is 2.96. The molecule has 0 radical (unpaired) electrons. The first-order chi connectivity index (χ1) is 7.72. The summed E-state index contributed by atoms with van der Waals surface area (Å²) < 4.78 is 10.4. The van der Waals surface area contributed by atoms with Crippen LogP contribution in [0.2, 0.25) is 0 Å². The Bertz CT molecular complexity index is 366. The van der Waals surface area contributed by atoms with Gasteiger partial charge in [0.1, 0.15) is 11.5 Å². The Morgan fingerprint density at radius 2 is 2.12 bits per heavy atom. The molecule has 16 heavy (non-hydrogen) atoms. The van der Waals surface area contributed by atoms with E-state index < -0.39 is 0 Å². The number of likely N-dealkylation sites (tertiary alicyclic amines) is 1. The maximum Gasteiger partial charge on any atom is 0.331 e. The van der Waals surface area contributed by atoms with Gasteiger partial charge < -0.3 is 9.15 Å². The summed E-state index contributed by atoms with van der Waals surface area (Å²) in [6.07, 6.45) is 2.26. The van der Waals surface area contributed by atoms with Crippen LogP contribution in [-0.4, -0.2) is 31.1 Å². The van der Waals surface area contributed by atoms with Crippen molar-refractivity contribution in [3.05, 3.63) is 23.7 Å². The van der Waals surface area contributed by atoms with E-state index in [4.69, 9.17) is 9.15 Å². The van der Waals surface area contributed by atoms with Gasteiger partial charge in [-0.25, -0.2) is 4.79 Å². The topological polar surface area (TPSA) is 42.7 Å². The number of carbonyl (C=O) groups is 1. The number of rotatable bonds is 3. The van der Waals surface area contributed by atoms with E-state index in [-0.39, 0.29) is 12.0 Å². The number of aryl methyl sites for hydroxylation is 1. The van der Waals surface area contributed by atoms with Crippen LogP contribution in [0, 0.1) is 6.92 Å². The highest BCUT2D eigenvalue weighted by Crippen LogP contribution is 2.27. The molecule has 0 saturated carbocycles. The fraction of sp³-hybridized carbons (Fsp3) is 0.583. The van der Waals surface area contributed by atoms with Gasteiger partial charge in [0.25, 0.3) is 0 Å². The molecule has 1 aliphatic heterocycles. The van der Waals surface area contributed by atoms with E-state index in [0.29, 0.717) is 5.76 Å². The number of hydrogen-bond donors (Lipinski definition) is 0. The van der Waals surface area contributed by atoms with Gasteiger partial charge in [-0.1, -0.05) is 0 Å². The minimum atomic E-state index is -0.374. The maximum atomic E-state index is 11.8. The van der Waals surface area contributed by atoms with Gasteiger partial charge in [-0.2, -0.15) is 0 Å². The van der Waals surface area contributed by atoms with Crippen LogP contribution in [-0.2, 0) is 9.53 Å². The van der Waals surface area contributed by atoms with Crippen molar-refractivity contribution in [3.63, 3.8) is 0 Å². The van der Waals surface area contributed by atoms with Crippen molar-refractivity contribution >= 4 is 5.97 Å². The highest BCUT2D eigenvalue weighted by atomic mass is 16.5. The highest BCUT2D eigenvalue weighted by molar-refractivity contribution is 5.76. The van der Waals surface area contributed by atoms with Crippen LogP contribution in [0.25, 0.3) is 0 Å². The lowest BCUT2D eigenvalue weighted by Gasteiger charge is -2.23. The van der Waals surface area contributed by atoms with Crippen molar-refractivity contribution in [3.8, 4) is 0 Å². The number of methoxy groups -OCH3 is 1. The lowest BCUT2D eigenvalue weighted by atomic mass is 10.2. The molecule has 88 valence electrons. The van der Waals surface area contributed by atoms with E-state index >= 15 is 0 Å². The molecule has 0 bridgehead atoms. The van der Waals surface area contributed by atoms with Gasteiger partial charge in [0, 0.05) is 0 Å². The van der Waals surface area contributed by atoms with E-state index in [1.807, 2.05) is 19.1 Å². The second kappa shape index (κ2) is 4.70. The van der Waals surface area contributed by atoms with Gasteiger partial charge in [0.2, 0.25) is 0 Å². The maximum absolute atomic E-state index is 11.8. The van der Waals surface area contributed by atoms with Crippen LogP contribution in [0.15, 0.2) is 16.5 Å². The molecule has 0 spiro atoms.